The van der Waals surface area contributed by atoms with E-state index in [1.165, 1.54) is 6.92 Å². The van der Waals surface area contributed by atoms with Crippen LogP contribution in [0.5, 0.6) is 0 Å². The van der Waals surface area contributed by atoms with Crippen molar-refractivity contribution in [3.8, 4) is 0 Å². The highest BCUT2D eigenvalue weighted by Gasteiger charge is 2.48. The molecule has 1 heterocycles. The van der Waals surface area contributed by atoms with E-state index in [1.54, 1.807) is 18.2 Å². The molecule has 2 N–H and O–H groups in total. The van der Waals surface area contributed by atoms with Crippen LogP contribution < -0.4 is 5.73 Å². The molecule has 5 atom stereocenters. The normalized spacial score (nSPS) is 27.5. The van der Waals surface area contributed by atoms with Crippen LogP contribution in [0.1, 0.15) is 6.92 Å². The molecule has 0 spiro atoms. The molecule has 0 aliphatic carbocycles. The minimum Gasteiger partial charge on any atom is -0.463 e. The zero-order valence-electron chi connectivity index (χ0n) is 14.1. The molecular formula is C16H17Cl2NO7S. The lowest BCUT2D eigenvalue weighted by Gasteiger charge is -2.42. The Balaban J connectivity index is 2.27. The van der Waals surface area contributed by atoms with Gasteiger partial charge in [0.2, 0.25) is 0 Å². The number of halogens is 2. The molecule has 1 aliphatic rings. The van der Waals surface area contributed by atoms with E-state index >= 15 is 0 Å². The number of hydrogen-bond acceptors (Lipinski definition) is 9. The van der Waals surface area contributed by atoms with Crippen molar-refractivity contribution in [1.29, 1.82) is 0 Å². The zero-order valence-corrected chi connectivity index (χ0v) is 16.4. The van der Waals surface area contributed by atoms with E-state index in [0.29, 0.717) is 14.9 Å². The fourth-order valence-electron chi connectivity index (χ4n) is 2.53. The molecule has 0 radical (unpaired) electrons. The summed E-state index contributed by atoms with van der Waals surface area (Å²) in [5.41, 5.74) is 5.35. The third kappa shape index (κ3) is 5.73. The van der Waals surface area contributed by atoms with Gasteiger partial charge in [0.05, 0.1) is 11.1 Å². The van der Waals surface area contributed by atoms with Crippen LogP contribution in [0.25, 0.3) is 0 Å². The number of nitrogens with two attached hydrogens (primary N) is 1. The third-order valence-corrected chi connectivity index (χ3v) is 5.60. The highest BCUT2D eigenvalue weighted by Crippen LogP contribution is 2.38. The first-order valence-corrected chi connectivity index (χ1v) is 9.35. The largest absolute Gasteiger partial charge is 0.463 e. The van der Waals surface area contributed by atoms with Gasteiger partial charge in [-0.3, -0.25) is 14.4 Å². The van der Waals surface area contributed by atoms with Crippen LogP contribution in [0.3, 0.4) is 0 Å². The Kier molecular flexibility index (Phi) is 8.18. The number of benzene rings is 1. The second-order valence-electron chi connectivity index (χ2n) is 5.51. The van der Waals surface area contributed by atoms with Crippen molar-refractivity contribution in [2.45, 2.75) is 41.6 Å². The van der Waals surface area contributed by atoms with Crippen molar-refractivity contribution in [3.63, 3.8) is 0 Å². The van der Waals surface area contributed by atoms with Crippen molar-refractivity contribution >= 4 is 53.9 Å². The molecule has 1 aliphatic heterocycles. The molecule has 11 heteroatoms. The number of carbonyl (C=O) groups is 3. The Hall–Kier alpha value is -1.52. The molecule has 0 amide bonds. The number of ether oxygens (including phenoxy) is 4. The van der Waals surface area contributed by atoms with Gasteiger partial charge in [-0.25, -0.2) is 0 Å². The summed E-state index contributed by atoms with van der Waals surface area (Å²) in [5.74, 6) is -0.534. The van der Waals surface area contributed by atoms with Gasteiger partial charge in [0.25, 0.3) is 12.9 Å². The predicted molar refractivity (Wildman–Crippen MR) is 97.5 cm³/mol. The van der Waals surface area contributed by atoms with Crippen LogP contribution in [0.2, 0.25) is 10.0 Å². The summed E-state index contributed by atoms with van der Waals surface area (Å²) in [6.07, 6.45) is -2.79. The van der Waals surface area contributed by atoms with Crippen molar-refractivity contribution in [2.75, 3.05) is 6.61 Å². The number of thioether (sulfide) groups is 1. The fourth-order valence-corrected chi connectivity index (χ4v) is 4.22. The van der Waals surface area contributed by atoms with Crippen molar-refractivity contribution in [3.05, 3.63) is 28.2 Å². The van der Waals surface area contributed by atoms with Gasteiger partial charge in [0, 0.05) is 16.8 Å². The quantitative estimate of drug-likeness (QED) is 0.369. The maximum atomic E-state index is 11.1. The SMILES string of the molecule is CC(=O)OCC1OC(Sc2ccc(Cl)cc2Cl)C(OC=O)C(N)C1OC=O. The minimum absolute atomic E-state index is 0.194. The third-order valence-electron chi connectivity index (χ3n) is 3.72. The summed E-state index contributed by atoms with van der Waals surface area (Å²) in [7, 11) is 0. The Morgan fingerprint density at radius 1 is 1.26 bits per heavy atom. The Bertz CT molecular complexity index is 693. The Morgan fingerprint density at radius 3 is 2.52 bits per heavy atom. The molecule has 1 fully saturated rings. The standard InChI is InChI=1S/C16H17Cl2NO7S/c1-8(22)23-5-11-14(24-6-20)13(19)15(25-7-21)16(26-11)27-12-3-2-9(17)4-10(12)18/h2-4,6-7,11,13-16H,5,19H2,1H3. The molecule has 0 bridgehead atoms. The second-order valence-corrected chi connectivity index (χ2v) is 7.49. The maximum absolute atomic E-state index is 11.1. The predicted octanol–water partition coefficient (Wildman–Crippen LogP) is 1.78. The summed E-state index contributed by atoms with van der Waals surface area (Å²) in [6, 6.07) is 3.96. The molecule has 0 aromatic heterocycles. The van der Waals surface area contributed by atoms with Gasteiger partial charge in [-0.1, -0.05) is 35.0 Å². The van der Waals surface area contributed by atoms with Gasteiger partial charge in [0.1, 0.15) is 24.3 Å². The Labute approximate surface area is 169 Å². The number of carbonyl (C=O) groups excluding carboxylic acids is 3. The molecular weight excluding hydrogens is 421 g/mol. The monoisotopic (exact) mass is 437 g/mol. The highest BCUT2D eigenvalue weighted by atomic mass is 35.5. The Morgan fingerprint density at radius 2 is 1.93 bits per heavy atom. The summed E-state index contributed by atoms with van der Waals surface area (Å²) >= 11 is 13.2. The molecule has 1 aromatic rings. The van der Waals surface area contributed by atoms with Gasteiger partial charge < -0.3 is 24.7 Å². The molecule has 5 unspecified atom stereocenters. The van der Waals surface area contributed by atoms with Gasteiger partial charge >= 0.3 is 5.97 Å². The van der Waals surface area contributed by atoms with E-state index in [1.807, 2.05) is 0 Å². The average Bonchev–Trinajstić information content (AvgIpc) is 2.61. The lowest BCUT2D eigenvalue weighted by molar-refractivity contribution is -0.192. The van der Waals surface area contributed by atoms with Crippen LogP contribution in [-0.4, -0.2) is 55.3 Å². The molecule has 8 nitrogen and oxygen atoms in total. The van der Waals surface area contributed by atoms with Crippen LogP contribution in [-0.2, 0) is 33.3 Å². The molecule has 0 saturated carbocycles. The van der Waals surface area contributed by atoms with Gasteiger partial charge in [0.15, 0.2) is 6.10 Å². The fraction of sp³-hybridized carbons (Fsp3) is 0.438. The van der Waals surface area contributed by atoms with E-state index in [0.717, 1.165) is 11.8 Å². The summed E-state index contributed by atoms with van der Waals surface area (Å²) < 4.78 is 20.9. The molecule has 27 heavy (non-hydrogen) atoms. The van der Waals surface area contributed by atoms with Gasteiger partial charge in [-0.05, 0) is 18.2 Å². The molecule has 1 aromatic carbocycles. The van der Waals surface area contributed by atoms with E-state index in [9.17, 15) is 14.4 Å². The van der Waals surface area contributed by atoms with E-state index in [2.05, 4.69) is 0 Å². The first-order valence-electron chi connectivity index (χ1n) is 7.71. The average molecular weight is 438 g/mol. The zero-order chi connectivity index (χ0) is 20.0. The molecule has 1 saturated heterocycles. The minimum atomic E-state index is -0.982. The van der Waals surface area contributed by atoms with Crippen LogP contribution >= 0.6 is 35.0 Å². The summed E-state index contributed by atoms with van der Waals surface area (Å²) in [6.45, 7) is 1.47. The summed E-state index contributed by atoms with van der Waals surface area (Å²) in [4.78, 5) is 33.5. The first kappa shape index (κ1) is 21.8. The topological polar surface area (TPSA) is 114 Å². The lowest BCUT2D eigenvalue weighted by Crippen LogP contribution is -2.63. The molecule has 2 rings (SSSR count). The molecule has 148 valence electrons. The van der Waals surface area contributed by atoms with Gasteiger partial charge in [-0.15, -0.1) is 0 Å². The highest BCUT2D eigenvalue weighted by molar-refractivity contribution is 8.00. The number of hydrogen-bond donors (Lipinski definition) is 1. The van der Waals surface area contributed by atoms with Gasteiger partial charge in [-0.2, -0.15) is 0 Å². The lowest BCUT2D eigenvalue weighted by atomic mass is 9.98. The van der Waals surface area contributed by atoms with E-state index in [4.69, 9.17) is 47.9 Å². The number of esters is 1. The van der Waals surface area contributed by atoms with Crippen LogP contribution in [0.4, 0.5) is 0 Å². The van der Waals surface area contributed by atoms with Crippen LogP contribution in [0.15, 0.2) is 23.1 Å². The van der Waals surface area contributed by atoms with Crippen molar-refractivity contribution in [1.82, 2.24) is 0 Å². The van der Waals surface area contributed by atoms with E-state index in [-0.39, 0.29) is 19.6 Å². The number of rotatable bonds is 8. The summed E-state index contributed by atoms with van der Waals surface area (Å²) in [5, 5.41) is 0.829. The van der Waals surface area contributed by atoms with Crippen molar-refractivity contribution < 1.29 is 33.3 Å². The maximum Gasteiger partial charge on any atom is 0.302 e. The van der Waals surface area contributed by atoms with E-state index < -0.39 is 35.8 Å². The van der Waals surface area contributed by atoms with Crippen LogP contribution in [0, 0.1) is 0 Å². The first-order chi connectivity index (χ1) is 12.9. The second kappa shape index (κ2) is 10.1. The van der Waals surface area contributed by atoms with Crippen molar-refractivity contribution in [2.24, 2.45) is 5.73 Å². The smallest absolute Gasteiger partial charge is 0.302 e.